The van der Waals surface area contributed by atoms with Crippen LogP contribution in [0.2, 0.25) is 0 Å². The van der Waals surface area contributed by atoms with E-state index < -0.39 is 18.0 Å². The maximum atomic E-state index is 11.8. The molecule has 2 rings (SSSR count). The summed E-state index contributed by atoms with van der Waals surface area (Å²) in [6.45, 7) is 0.631. The summed E-state index contributed by atoms with van der Waals surface area (Å²) in [6.07, 6.45) is 1.54. The van der Waals surface area contributed by atoms with Gasteiger partial charge in [-0.2, -0.15) is 0 Å². The summed E-state index contributed by atoms with van der Waals surface area (Å²) in [5, 5.41) is 21.2. The summed E-state index contributed by atoms with van der Waals surface area (Å²) in [4.78, 5) is 26.1. The summed E-state index contributed by atoms with van der Waals surface area (Å²) in [7, 11) is 0. The van der Waals surface area contributed by atoms with E-state index >= 15 is 0 Å². The van der Waals surface area contributed by atoms with E-state index in [1.54, 1.807) is 34.9 Å². The molecule has 1 aromatic heterocycles. The van der Waals surface area contributed by atoms with Gasteiger partial charge in [0.25, 0.3) is 5.91 Å². The maximum Gasteiger partial charge on any atom is 0.356 e. The first-order valence-corrected chi connectivity index (χ1v) is 6.33. The van der Waals surface area contributed by atoms with Gasteiger partial charge in [-0.15, -0.1) is 0 Å². The molecule has 0 spiro atoms. The van der Waals surface area contributed by atoms with Gasteiger partial charge in [-0.05, 0) is 5.56 Å². The number of nitrogens with zero attached hydrogens (tertiary/aromatic N) is 2. The molecule has 0 saturated carbocycles. The van der Waals surface area contributed by atoms with Crippen LogP contribution in [0.1, 0.15) is 22.2 Å². The summed E-state index contributed by atoms with van der Waals surface area (Å²) >= 11 is 0. The summed E-state index contributed by atoms with van der Waals surface area (Å²) in [6, 6.07) is 8.61. The zero-order chi connectivity index (χ0) is 15.2. The topological polar surface area (TPSA) is 104 Å². The van der Waals surface area contributed by atoms with E-state index in [9.17, 15) is 14.7 Å². The Morgan fingerprint density at radius 2 is 2.00 bits per heavy atom. The van der Waals surface area contributed by atoms with E-state index in [1.165, 1.54) is 12.5 Å². The lowest BCUT2D eigenvalue weighted by molar-refractivity contribution is -0.129. The second-order valence-corrected chi connectivity index (χ2v) is 4.41. The normalized spacial score (nSPS) is 11.9. The van der Waals surface area contributed by atoms with Crippen LogP contribution in [0.3, 0.4) is 0 Å². The lowest BCUT2D eigenvalue weighted by Crippen LogP contribution is -2.31. The zero-order valence-corrected chi connectivity index (χ0v) is 11.1. The Bertz CT molecular complexity index is 624. The van der Waals surface area contributed by atoms with Crippen molar-refractivity contribution in [3.05, 3.63) is 54.1 Å². The Kier molecular flexibility index (Phi) is 4.68. The molecule has 0 aliphatic carbocycles. The Hall–Kier alpha value is -2.67. The molecule has 0 bridgehead atoms. The van der Waals surface area contributed by atoms with Gasteiger partial charge < -0.3 is 20.1 Å². The van der Waals surface area contributed by atoms with Gasteiger partial charge in [-0.25, -0.2) is 9.78 Å². The number of aromatic nitrogens is 2. The van der Waals surface area contributed by atoms with Gasteiger partial charge in [-0.1, -0.05) is 30.3 Å². The Balaban J connectivity index is 1.82. The van der Waals surface area contributed by atoms with E-state index in [4.69, 9.17) is 5.11 Å². The Morgan fingerprint density at radius 3 is 2.62 bits per heavy atom. The number of hydrogen-bond acceptors (Lipinski definition) is 4. The molecule has 1 unspecified atom stereocenters. The van der Waals surface area contributed by atoms with Crippen molar-refractivity contribution < 1.29 is 19.8 Å². The average molecular weight is 289 g/mol. The molecule has 0 saturated heterocycles. The Labute approximate surface area is 120 Å². The molecule has 0 fully saturated rings. The van der Waals surface area contributed by atoms with Crippen molar-refractivity contribution in [2.75, 3.05) is 6.54 Å². The smallest absolute Gasteiger partial charge is 0.356 e. The number of carbonyl (C=O) groups excluding carboxylic acids is 1. The fraction of sp³-hybridized carbons (Fsp3) is 0.214. The molecule has 21 heavy (non-hydrogen) atoms. The van der Waals surface area contributed by atoms with Crippen molar-refractivity contribution in [1.82, 2.24) is 14.9 Å². The SMILES string of the molecule is O=C(O)c1cn(CCNC(=O)C(O)c2ccccc2)cn1. The first-order valence-electron chi connectivity index (χ1n) is 6.33. The predicted octanol–water partition coefficient (Wildman–Crippen LogP) is 0.431. The molecule has 1 heterocycles. The highest BCUT2D eigenvalue weighted by molar-refractivity contribution is 5.84. The number of hydrogen-bond donors (Lipinski definition) is 3. The maximum absolute atomic E-state index is 11.8. The van der Waals surface area contributed by atoms with E-state index in [2.05, 4.69) is 10.3 Å². The molecule has 0 radical (unpaired) electrons. The fourth-order valence-corrected chi connectivity index (χ4v) is 1.78. The monoisotopic (exact) mass is 289 g/mol. The first kappa shape index (κ1) is 14.7. The molecule has 1 amide bonds. The Morgan fingerprint density at radius 1 is 1.29 bits per heavy atom. The van der Waals surface area contributed by atoms with Crippen molar-refractivity contribution >= 4 is 11.9 Å². The number of aromatic carboxylic acids is 1. The molecule has 110 valence electrons. The number of imidazole rings is 1. The van der Waals surface area contributed by atoms with E-state index in [0.717, 1.165) is 0 Å². The average Bonchev–Trinajstić information content (AvgIpc) is 2.96. The largest absolute Gasteiger partial charge is 0.476 e. The van der Waals surface area contributed by atoms with Crippen LogP contribution >= 0.6 is 0 Å². The van der Waals surface area contributed by atoms with Gasteiger partial charge >= 0.3 is 5.97 Å². The number of rotatable bonds is 6. The van der Waals surface area contributed by atoms with Crippen LogP contribution in [-0.4, -0.2) is 38.2 Å². The van der Waals surface area contributed by atoms with Gasteiger partial charge in [0.2, 0.25) is 0 Å². The van der Waals surface area contributed by atoms with E-state index in [0.29, 0.717) is 12.1 Å². The number of benzene rings is 1. The number of carboxylic acid groups (broad SMARTS) is 1. The summed E-state index contributed by atoms with van der Waals surface area (Å²) < 4.78 is 1.55. The molecule has 2 aromatic rings. The molecule has 7 heteroatoms. The van der Waals surface area contributed by atoms with Crippen molar-refractivity contribution in [1.29, 1.82) is 0 Å². The van der Waals surface area contributed by atoms with Crippen molar-refractivity contribution in [2.45, 2.75) is 12.6 Å². The second kappa shape index (κ2) is 6.67. The van der Waals surface area contributed by atoms with Crippen LogP contribution in [0.25, 0.3) is 0 Å². The zero-order valence-electron chi connectivity index (χ0n) is 11.1. The van der Waals surface area contributed by atoms with Crippen LogP contribution in [0.4, 0.5) is 0 Å². The number of aliphatic hydroxyl groups is 1. The van der Waals surface area contributed by atoms with Gasteiger partial charge in [0.1, 0.15) is 0 Å². The third-order valence-electron chi connectivity index (χ3n) is 2.89. The minimum absolute atomic E-state index is 0.0503. The minimum Gasteiger partial charge on any atom is -0.476 e. The number of amides is 1. The minimum atomic E-state index is -1.22. The van der Waals surface area contributed by atoms with E-state index in [1.807, 2.05) is 0 Å². The van der Waals surface area contributed by atoms with Crippen LogP contribution in [0.5, 0.6) is 0 Å². The van der Waals surface area contributed by atoms with Crippen LogP contribution in [0, 0.1) is 0 Å². The first-order chi connectivity index (χ1) is 10.1. The van der Waals surface area contributed by atoms with Gasteiger partial charge in [0, 0.05) is 19.3 Å². The lowest BCUT2D eigenvalue weighted by atomic mass is 10.1. The molecule has 1 aromatic carbocycles. The van der Waals surface area contributed by atoms with Crippen LogP contribution < -0.4 is 5.32 Å². The van der Waals surface area contributed by atoms with Gasteiger partial charge in [0.05, 0.1) is 6.33 Å². The molecule has 7 nitrogen and oxygen atoms in total. The number of carboxylic acids is 1. The highest BCUT2D eigenvalue weighted by atomic mass is 16.4. The number of aliphatic hydroxyl groups excluding tert-OH is 1. The number of nitrogens with one attached hydrogen (secondary N) is 1. The molecule has 0 aliphatic rings. The molecule has 0 aliphatic heterocycles. The third-order valence-corrected chi connectivity index (χ3v) is 2.89. The number of carbonyl (C=O) groups is 2. The standard InChI is InChI=1S/C14H15N3O4/c18-12(10-4-2-1-3-5-10)13(19)15-6-7-17-8-11(14(20)21)16-9-17/h1-5,8-9,12,18H,6-7H2,(H,15,19)(H,20,21). The van der Waals surface area contributed by atoms with Crippen LogP contribution in [-0.2, 0) is 11.3 Å². The highest BCUT2D eigenvalue weighted by Gasteiger charge is 2.16. The van der Waals surface area contributed by atoms with Crippen molar-refractivity contribution in [2.24, 2.45) is 0 Å². The second-order valence-electron chi connectivity index (χ2n) is 4.41. The summed E-state index contributed by atoms with van der Waals surface area (Å²) in [5.41, 5.74) is 0.469. The summed E-state index contributed by atoms with van der Waals surface area (Å²) in [5.74, 6) is -1.60. The molecule has 1 atom stereocenters. The quantitative estimate of drug-likeness (QED) is 0.715. The fourth-order valence-electron chi connectivity index (χ4n) is 1.78. The third kappa shape index (κ3) is 3.90. The lowest BCUT2D eigenvalue weighted by Gasteiger charge is -2.11. The molecular formula is C14H15N3O4. The predicted molar refractivity (Wildman–Crippen MR) is 73.6 cm³/mol. The van der Waals surface area contributed by atoms with Crippen molar-refractivity contribution in [3.63, 3.8) is 0 Å². The van der Waals surface area contributed by atoms with Gasteiger partial charge in [-0.3, -0.25) is 4.79 Å². The molecule has 3 N–H and O–H groups in total. The van der Waals surface area contributed by atoms with Gasteiger partial charge in [0.15, 0.2) is 11.8 Å². The van der Waals surface area contributed by atoms with Crippen LogP contribution in [0.15, 0.2) is 42.9 Å². The molecular weight excluding hydrogens is 274 g/mol. The highest BCUT2D eigenvalue weighted by Crippen LogP contribution is 2.11. The van der Waals surface area contributed by atoms with Crippen molar-refractivity contribution in [3.8, 4) is 0 Å². The van der Waals surface area contributed by atoms with E-state index in [-0.39, 0.29) is 12.2 Å².